The van der Waals surface area contributed by atoms with Gasteiger partial charge >= 0.3 is 0 Å². The van der Waals surface area contributed by atoms with Crippen LogP contribution in [0.1, 0.15) is 40.9 Å². The third kappa shape index (κ3) is 2.20. The van der Waals surface area contributed by atoms with E-state index in [1.807, 2.05) is 11.1 Å². The molecule has 0 saturated carbocycles. The Labute approximate surface area is 134 Å². The molecule has 1 amide bonds. The van der Waals surface area contributed by atoms with Crippen molar-refractivity contribution in [1.29, 1.82) is 0 Å². The van der Waals surface area contributed by atoms with Crippen LogP contribution in [0.2, 0.25) is 0 Å². The number of aryl methyl sites for hydroxylation is 1. The maximum absolute atomic E-state index is 13.0. The molecule has 1 atom stereocenters. The van der Waals surface area contributed by atoms with Crippen molar-refractivity contribution in [2.45, 2.75) is 31.1 Å². The minimum Gasteiger partial charge on any atom is -0.494 e. The summed E-state index contributed by atoms with van der Waals surface area (Å²) in [5, 5.41) is 7.37. The number of aromatic nitrogens is 3. The van der Waals surface area contributed by atoms with E-state index in [2.05, 4.69) is 15.2 Å². The van der Waals surface area contributed by atoms with Gasteiger partial charge in [0.15, 0.2) is 0 Å². The second kappa shape index (κ2) is 5.37. The van der Waals surface area contributed by atoms with Gasteiger partial charge in [0, 0.05) is 30.4 Å². The van der Waals surface area contributed by atoms with E-state index in [9.17, 15) is 4.79 Å². The number of piperidine rings is 1. The molecule has 0 bridgehead atoms. The maximum Gasteiger partial charge on any atom is 0.257 e. The molecular weight excluding hydrogens is 292 g/mol. The van der Waals surface area contributed by atoms with E-state index in [0.717, 1.165) is 38.8 Å². The summed E-state index contributed by atoms with van der Waals surface area (Å²) in [6.07, 6.45) is 9.42. The average Bonchev–Trinajstić information content (AvgIpc) is 3.19. The molecular formula is C17H20N4O2. The molecule has 23 heavy (non-hydrogen) atoms. The number of ether oxygens (including phenoxy) is 1. The van der Waals surface area contributed by atoms with Gasteiger partial charge in [0.2, 0.25) is 0 Å². The molecule has 2 aromatic rings. The summed E-state index contributed by atoms with van der Waals surface area (Å²) in [5.74, 6) is 0.557. The number of pyridine rings is 1. The molecule has 1 spiro atoms. The van der Waals surface area contributed by atoms with Crippen molar-refractivity contribution < 1.29 is 9.53 Å². The number of H-pyrrole nitrogens is 1. The Bertz CT molecular complexity index is 742. The summed E-state index contributed by atoms with van der Waals surface area (Å²) in [4.78, 5) is 18.9. The topological polar surface area (TPSA) is 71.1 Å². The Morgan fingerprint density at radius 3 is 3.17 bits per heavy atom. The fraction of sp³-hybridized carbons (Fsp3) is 0.471. The largest absolute Gasteiger partial charge is 0.494 e. The quantitative estimate of drug-likeness (QED) is 0.920. The van der Waals surface area contributed by atoms with Gasteiger partial charge in [-0.15, -0.1) is 0 Å². The highest BCUT2D eigenvalue weighted by atomic mass is 16.5. The number of carbonyl (C=O) groups is 1. The van der Waals surface area contributed by atoms with Crippen molar-refractivity contribution in [3.8, 4) is 5.75 Å². The van der Waals surface area contributed by atoms with Crippen molar-refractivity contribution >= 4 is 5.91 Å². The molecule has 1 aliphatic heterocycles. The van der Waals surface area contributed by atoms with E-state index >= 15 is 0 Å². The van der Waals surface area contributed by atoms with E-state index in [4.69, 9.17) is 4.74 Å². The van der Waals surface area contributed by atoms with Crippen LogP contribution in [0.25, 0.3) is 0 Å². The number of likely N-dealkylation sites (tertiary alicyclic amines) is 1. The van der Waals surface area contributed by atoms with Gasteiger partial charge in [0.25, 0.3) is 5.91 Å². The van der Waals surface area contributed by atoms with Gasteiger partial charge < -0.3 is 9.64 Å². The van der Waals surface area contributed by atoms with Crippen molar-refractivity contribution in [2.75, 3.05) is 20.2 Å². The van der Waals surface area contributed by atoms with E-state index in [1.165, 1.54) is 11.3 Å². The van der Waals surface area contributed by atoms with Crippen LogP contribution < -0.4 is 4.74 Å². The standard InChI is InChI=1S/C17H20N4O2/c1-23-14-10-18-7-4-13(14)16(22)21-8-2-5-17(11-21)6-3-12-9-19-20-15(12)17/h4,7,9-10H,2-3,5-6,8,11H2,1H3,(H,19,20). The SMILES string of the molecule is COc1cnccc1C(=O)N1CCCC2(CCc3cn[nH]c32)C1. The first-order valence-electron chi connectivity index (χ1n) is 8.03. The molecule has 0 radical (unpaired) electrons. The summed E-state index contributed by atoms with van der Waals surface area (Å²) in [7, 11) is 1.57. The zero-order valence-corrected chi connectivity index (χ0v) is 13.2. The molecule has 6 nitrogen and oxygen atoms in total. The Morgan fingerprint density at radius 1 is 1.39 bits per heavy atom. The van der Waals surface area contributed by atoms with Crippen LogP contribution in [0.3, 0.4) is 0 Å². The number of hydrogen-bond donors (Lipinski definition) is 1. The highest BCUT2D eigenvalue weighted by Gasteiger charge is 2.44. The van der Waals surface area contributed by atoms with Crippen molar-refractivity contribution in [3.63, 3.8) is 0 Å². The third-order valence-corrected chi connectivity index (χ3v) is 5.22. The van der Waals surface area contributed by atoms with Crippen LogP contribution >= 0.6 is 0 Å². The Kier molecular flexibility index (Phi) is 3.32. The van der Waals surface area contributed by atoms with E-state index < -0.39 is 0 Å². The van der Waals surface area contributed by atoms with Gasteiger partial charge in [-0.1, -0.05) is 0 Å². The summed E-state index contributed by atoms with van der Waals surface area (Å²) in [6.45, 7) is 1.53. The number of aromatic amines is 1. The van der Waals surface area contributed by atoms with Crippen LogP contribution in [-0.4, -0.2) is 46.2 Å². The molecule has 3 heterocycles. The Balaban J connectivity index is 1.62. The van der Waals surface area contributed by atoms with Crippen molar-refractivity contribution in [2.24, 2.45) is 0 Å². The molecule has 1 aliphatic carbocycles. The maximum atomic E-state index is 13.0. The Hall–Kier alpha value is -2.37. The van der Waals surface area contributed by atoms with Gasteiger partial charge in [-0.3, -0.25) is 14.9 Å². The zero-order valence-electron chi connectivity index (χ0n) is 13.2. The lowest BCUT2D eigenvalue weighted by atomic mass is 9.77. The zero-order chi connectivity index (χ0) is 15.9. The second-order valence-electron chi connectivity index (χ2n) is 6.46. The van der Waals surface area contributed by atoms with E-state index in [1.54, 1.807) is 25.6 Å². The normalized spacial score (nSPS) is 23.1. The van der Waals surface area contributed by atoms with Gasteiger partial charge in [0.05, 0.1) is 25.1 Å². The van der Waals surface area contributed by atoms with Crippen LogP contribution in [0.4, 0.5) is 0 Å². The van der Waals surface area contributed by atoms with Crippen molar-refractivity contribution in [3.05, 3.63) is 41.5 Å². The molecule has 1 fully saturated rings. The molecule has 1 saturated heterocycles. The van der Waals surface area contributed by atoms with Crippen LogP contribution in [0, 0.1) is 0 Å². The van der Waals surface area contributed by atoms with Crippen LogP contribution in [0.15, 0.2) is 24.7 Å². The summed E-state index contributed by atoms with van der Waals surface area (Å²) in [5.41, 5.74) is 3.17. The molecule has 1 N–H and O–H groups in total. The lowest BCUT2D eigenvalue weighted by Gasteiger charge is -2.40. The minimum atomic E-state index is 0.0243. The van der Waals surface area contributed by atoms with Gasteiger partial charge in [-0.25, -0.2) is 0 Å². The Morgan fingerprint density at radius 2 is 2.30 bits per heavy atom. The van der Waals surface area contributed by atoms with E-state index in [0.29, 0.717) is 11.3 Å². The molecule has 4 rings (SSSR count). The first kappa shape index (κ1) is 14.2. The molecule has 0 aromatic carbocycles. The van der Waals surface area contributed by atoms with Gasteiger partial charge in [-0.05, 0) is 37.3 Å². The predicted octanol–water partition coefficient (Wildman–Crippen LogP) is 1.93. The monoisotopic (exact) mass is 312 g/mol. The highest BCUT2D eigenvalue weighted by molar-refractivity contribution is 5.96. The lowest BCUT2D eigenvalue weighted by molar-refractivity contribution is 0.0629. The third-order valence-electron chi connectivity index (χ3n) is 5.22. The molecule has 2 aromatic heterocycles. The highest BCUT2D eigenvalue weighted by Crippen LogP contribution is 2.44. The summed E-state index contributed by atoms with van der Waals surface area (Å²) in [6, 6.07) is 1.73. The number of carbonyl (C=O) groups excluding carboxylic acids is 1. The van der Waals surface area contributed by atoms with Gasteiger partial charge in [-0.2, -0.15) is 5.10 Å². The number of nitrogens with one attached hydrogen (secondary N) is 1. The molecule has 2 aliphatic rings. The van der Waals surface area contributed by atoms with Gasteiger partial charge in [0.1, 0.15) is 5.75 Å². The number of hydrogen-bond acceptors (Lipinski definition) is 4. The fourth-order valence-corrected chi connectivity index (χ4v) is 4.06. The first-order chi connectivity index (χ1) is 11.2. The summed E-state index contributed by atoms with van der Waals surface area (Å²) < 4.78 is 5.29. The number of amides is 1. The fourth-order valence-electron chi connectivity index (χ4n) is 4.06. The minimum absolute atomic E-state index is 0.0243. The second-order valence-corrected chi connectivity index (χ2v) is 6.46. The molecule has 1 unspecified atom stereocenters. The lowest BCUT2D eigenvalue weighted by Crippen LogP contribution is -2.47. The summed E-state index contributed by atoms with van der Waals surface area (Å²) >= 11 is 0. The van der Waals surface area contributed by atoms with Crippen molar-refractivity contribution in [1.82, 2.24) is 20.1 Å². The molecule has 6 heteroatoms. The number of fused-ring (bicyclic) bond motifs is 2. The number of methoxy groups -OCH3 is 1. The van der Waals surface area contributed by atoms with E-state index in [-0.39, 0.29) is 11.3 Å². The van der Waals surface area contributed by atoms with Crippen LogP contribution in [-0.2, 0) is 11.8 Å². The number of nitrogens with zero attached hydrogens (tertiary/aromatic N) is 3. The first-order valence-corrected chi connectivity index (χ1v) is 8.03. The predicted molar refractivity (Wildman–Crippen MR) is 84.5 cm³/mol. The average molecular weight is 312 g/mol. The molecule has 120 valence electrons. The smallest absolute Gasteiger partial charge is 0.257 e. The number of rotatable bonds is 2. The van der Waals surface area contributed by atoms with Crippen LogP contribution in [0.5, 0.6) is 5.75 Å².